The van der Waals surface area contributed by atoms with Gasteiger partial charge in [0.15, 0.2) is 0 Å². The van der Waals surface area contributed by atoms with Crippen molar-refractivity contribution in [2.24, 2.45) is 5.41 Å². The van der Waals surface area contributed by atoms with Gasteiger partial charge in [-0.25, -0.2) is 0 Å². The van der Waals surface area contributed by atoms with Gasteiger partial charge in [-0.1, -0.05) is 13.8 Å². The standard InChI is InChI=1S/C20H31N3O4/c1-3-20(4-2)7-8-23(14-20)12-15-5-6-17(19(25)22-15)18(24)21-11-16-13-26-9-10-27-16/h5-6,16H,3-4,7-14H2,1-2H3,(H,21,24)(H,22,25). The molecule has 0 bridgehead atoms. The minimum absolute atomic E-state index is 0.133. The summed E-state index contributed by atoms with van der Waals surface area (Å²) in [6, 6.07) is 3.46. The summed E-state index contributed by atoms with van der Waals surface area (Å²) in [5.74, 6) is -0.380. The molecule has 27 heavy (non-hydrogen) atoms. The number of pyridine rings is 1. The summed E-state index contributed by atoms with van der Waals surface area (Å²) in [5, 5.41) is 2.75. The molecule has 2 saturated heterocycles. The third kappa shape index (κ3) is 4.97. The molecule has 1 aromatic rings. The van der Waals surface area contributed by atoms with E-state index in [1.165, 1.54) is 19.3 Å². The van der Waals surface area contributed by atoms with Gasteiger partial charge < -0.3 is 19.8 Å². The molecule has 3 heterocycles. The third-order valence-corrected chi connectivity index (χ3v) is 6.00. The number of rotatable bonds is 7. The van der Waals surface area contributed by atoms with Gasteiger partial charge in [-0.2, -0.15) is 0 Å². The molecule has 0 aromatic carbocycles. The zero-order valence-electron chi connectivity index (χ0n) is 16.4. The zero-order chi connectivity index (χ0) is 19.3. The van der Waals surface area contributed by atoms with Crippen molar-refractivity contribution in [2.45, 2.75) is 45.8 Å². The fourth-order valence-corrected chi connectivity index (χ4v) is 3.97. The quantitative estimate of drug-likeness (QED) is 0.753. The summed E-state index contributed by atoms with van der Waals surface area (Å²) >= 11 is 0. The van der Waals surface area contributed by atoms with Crippen LogP contribution in [0.15, 0.2) is 16.9 Å². The van der Waals surface area contributed by atoms with Crippen LogP contribution in [0.2, 0.25) is 0 Å². The van der Waals surface area contributed by atoms with E-state index in [4.69, 9.17) is 9.47 Å². The van der Waals surface area contributed by atoms with Gasteiger partial charge in [0.25, 0.3) is 11.5 Å². The molecule has 2 aliphatic heterocycles. The lowest BCUT2D eigenvalue weighted by molar-refractivity contribution is -0.0855. The van der Waals surface area contributed by atoms with Crippen LogP contribution in [0.1, 0.15) is 49.2 Å². The number of ether oxygens (including phenoxy) is 2. The first-order valence-electron chi connectivity index (χ1n) is 9.97. The summed E-state index contributed by atoms with van der Waals surface area (Å²) in [4.78, 5) is 29.9. The van der Waals surface area contributed by atoms with Gasteiger partial charge in [0, 0.05) is 25.3 Å². The maximum absolute atomic E-state index is 12.4. The summed E-state index contributed by atoms with van der Waals surface area (Å²) in [6.45, 7) is 9.25. The molecule has 0 spiro atoms. The predicted molar refractivity (Wildman–Crippen MR) is 103 cm³/mol. The molecule has 0 radical (unpaired) electrons. The van der Waals surface area contributed by atoms with Gasteiger partial charge in [-0.15, -0.1) is 0 Å². The van der Waals surface area contributed by atoms with E-state index in [0.717, 1.165) is 18.8 Å². The number of H-pyrrole nitrogens is 1. The zero-order valence-corrected chi connectivity index (χ0v) is 16.4. The van der Waals surface area contributed by atoms with Gasteiger partial charge in [0.2, 0.25) is 0 Å². The van der Waals surface area contributed by atoms with Crippen molar-refractivity contribution in [3.05, 3.63) is 33.7 Å². The number of hydrogen-bond acceptors (Lipinski definition) is 5. The number of aromatic amines is 1. The van der Waals surface area contributed by atoms with Crippen molar-refractivity contribution in [2.75, 3.05) is 39.5 Å². The lowest BCUT2D eigenvalue weighted by atomic mass is 9.82. The van der Waals surface area contributed by atoms with Gasteiger partial charge in [-0.3, -0.25) is 14.5 Å². The number of amides is 1. The van der Waals surface area contributed by atoms with Crippen LogP contribution in [0.3, 0.4) is 0 Å². The molecular formula is C20H31N3O4. The van der Waals surface area contributed by atoms with E-state index in [2.05, 4.69) is 29.0 Å². The Labute approximate surface area is 160 Å². The average molecular weight is 377 g/mol. The van der Waals surface area contributed by atoms with Gasteiger partial charge in [0.05, 0.1) is 25.9 Å². The number of aromatic nitrogens is 1. The number of nitrogens with zero attached hydrogens (tertiary/aromatic N) is 1. The number of likely N-dealkylation sites (tertiary alicyclic amines) is 1. The molecule has 3 rings (SSSR count). The van der Waals surface area contributed by atoms with Crippen LogP contribution >= 0.6 is 0 Å². The summed E-state index contributed by atoms with van der Waals surface area (Å²) in [7, 11) is 0. The van der Waals surface area contributed by atoms with E-state index in [9.17, 15) is 9.59 Å². The molecule has 2 fully saturated rings. The lowest BCUT2D eigenvalue weighted by Crippen LogP contribution is -2.41. The Morgan fingerprint density at radius 1 is 1.33 bits per heavy atom. The Kier molecular flexibility index (Phi) is 6.68. The molecule has 0 saturated carbocycles. The molecule has 7 nitrogen and oxygen atoms in total. The van der Waals surface area contributed by atoms with Crippen LogP contribution < -0.4 is 10.9 Å². The molecule has 1 unspecified atom stereocenters. The predicted octanol–water partition coefficient (Wildman–Crippen LogP) is 1.53. The van der Waals surface area contributed by atoms with Crippen molar-refractivity contribution in [1.29, 1.82) is 0 Å². The van der Waals surface area contributed by atoms with Crippen molar-refractivity contribution in [1.82, 2.24) is 15.2 Å². The van der Waals surface area contributed by atoms with Gasteiger partial charge in [0.1, 0.15) is 5.56 Å². The maximum atomic E-state index is 12.4. The maximum Gasteiger partial charge on any atom is 0.261 e. The van der Waals surface area contributed by atoms with E-state index in [1.54, 1.807) is 6.07 Å². The molecule has 1 atom stereocenters. The fraction of sp³-hybridized carbons (Fsp3) is 0.700. The largest absolute Gasteiger partial charge is 0.376 e. The second-order valence-electron chi connectivity index (χ2n) is 7.67. The van der Waals surface area contributed by atoms with Gasteiger partial charge in [-0.05, 0) is 43.4 Å². The third-order valence-electron chi connectivity index (χ3n) is 6.00. The van der Waals surface area contributed by atoms with Crippen LogP contribution in [0, 0.1) is 5.41 Å². The molecule has 2 aliphatic rings. The van der Waals surface area contributed by atoms with Gasteiger partial charge >= 0.3 is 0 Å². The lowest BCUT2D eigenvalue weighted by Gasteiger charge is -2.26. The Hall–Kier alpha value is -1.70. The van der Waals surface area contributed by atoms with Crippen LogP contribution in [0.5, 0.6) is 0 Å². The number of nitrogens with one attached hydrogen (secondary N) is 2. The summed E-state index contributed by atoms with van der Waals surface area (Å²) < 4.78 is 10.8. The molecule has 1 aromatic heterocycles. The van der Waals surface area contributed by atoms with Crippen molar-refractivity contribution in [3.8, 4) is 0 Å². The molecule has 2 N–H and O–H groups in total. The molecule has 0 aliphatic carbocycles. The van der Waals surface area contributed by atoms with Crippen LogP contribution in [0.4, 0.5) is 0 Å². The van der Waals surface area contributed by atoms with E-state index in [-0.39, 0.29) is 23.1 Å². The summed E-state index contributed by atoms with van der Waals surface area (Å²) in [5.41, 5.74) is 1.05. The summed E-state index contributed by atoms with van der Waals surface area (Å²) in [6.07, 6.45) is 3.42. The van der Waals surface area contributed by atoms with Crippen molar-refractivity contribution in [3.63, 3.8) is 0 Å². The van der Waals surface area contributed by atoms with Crippen LogP contribution in [-0.2, 0) is 16.0 Å². The van der Waals surface area contributed by atoms with Crippen molar-refractivity contribution >= 4 is 5.91 Å². The molecule has 150 valence electrons. The van der Waals surface area contributed by atoms with E-state index < -0.39 is 0 Å². The van der Waals surface area contributed by atoms with Crippen molar-refractivity contribution < 1.29 is 14.3 Å². The van der Waals surface area contributed by atoms with Crippen LogP contribution in [0.25, 0.3) is 0 Å². The molecule has 1 amide bonds. The number of carbonyl (C=O) groups excluding carboxylic acids is 1. The highest BCUT2D eigenvalue weighted by molar-refractivity contribution is 5.93. The average Bonchev–Trinajstić information content (AvgIpc) is 3.11. The fourth-order valence-electron chi connectivity index (χ4n) is 3.97. The minimum atomic E-state index is -0.380. The Morgan fingerprint density at radius 3 is 2.78 bits per heavy atom. The Balaban J connectivity index is 1.55. The first kappa shape index (κ1) is 20.0. The monoisotopic (exact) mass is 377 g/mol. The molecule has 7 heteroatoms. The van der Waals surface area contributed by atoms with E-state index in [1.807, 2.05) is 6.07 Å². The minimum Gasteiger partial charge on any atom is -0.376 e. The Bertz CT molecular complexity index is 693. The smallest absolute Gasteiger partial charge is 0.261 e. The second kappa shape index (κ2) is 8.99. The molecular weight excluding hydrogens is 346 g/mol. The topological polar surface area (TPSA) is 83.7 Å². The van der Waals surface area contributed by atoms with E-state index in [0.29, 0.717) is 38.3 Å². The highest BCUT2D eigenvalue weighted by Gasteiger charge is 2.34. The SMILES string of the molecule is CCC1(CC)CCN(Cc2ccc(C(=O)NCC3COCCO3)c(=O)[nH]2)C1. The Morgan fingerprint density at radius 2 is 2.15 bits per heavy atom. The first-order chi connectivity index (χ1) is 13.0. The number of hydrogen-bond donors (Lipinski definition) is 2. The van der Waals surface area contributed by atoms with Crippen LogP contribution in [-0.4, -0.2) is 61.3 Å². The number of carbonyl (C=O) groups is 1. The normalized spacial score (nSPS) is 22.7. The highest BCUT2D eigenvalue weighted by Crippen LogP contribution is 2.37. The second-order valence-corrected chi connectivity index (χ2v) is 7.67. The van der Waals surface area contributed by atoms with E-state index >= 15 is 0 Å². The first-order valence-corrected chi connectivity index (χ1v) is 9.97. The highest BCUT2D eigenvalue weighted by atomic mass is 16.6.